The predicted octanol–water partition coefficient (Wildman–Crippen LogP) is 4.15. The third kappa shape index (κ3) is 6.31. The van der Waals surface area contributed by atoms with Gasteiger partial charge in [0.05, 0.1) is 7.11 Å². The minimum Gasteiger partial charge on any atom is -0.497 e. The first-order chi connectivity index (χ1) is 15.8. The van der Waals surface area contributed by atoms with Gasteiger partial charge in [-0.15, -0.1) is 0 Å². The van der Waals surface area contributed by atoms with Crippen molar-refractivity contribution >= 4 is 23.7 Å². The number of rotatable bonds is 9. The van der Waals surface area contributed by atoms with E-state index in [9.17, 15) is 14.4 Å². The molecular formula is C27H31NO5. The maximum absolute atomic E-state index is 12.8. The Balaban J connectivity index is 1.59. The van der Waals surface area contributed by atoms with Crippen molar-refractivity contribution in [1.29, 1.82) is 0 Å². The smallest absolute Gasteiger partial charge is 0.329 e. The minimum atomic E-state index is -0.940. The number of ether oxygens (including phenoxy) is 2. The van der Waals surface area contributed by atoms with Crippen molar-refractivity contribution in [3.8, 4) is 5.75 Å². The van der Waals surface area contributed by atoms with Gasteiger partial charge in [0.2, 0.25) is 11.7 Å². The van der Waals surface area contributed by atoms with Crippen LogP contribution in [0.2, 0.25) is 0 Å². The molecule has 0 aromatic heterocycles. The molecule has 1 unspecified atom stereocenters. The molecule has 174 valence electrons. The molecule has 6 heteroatoms. The first-order valence-corrected chi connectivity index (χ1v) is 11.3. The van der Waals surface area contributed by atoms with E-state index in [1.54, 1.807) is 38.3 Å². The Hall–Kier alpha value is -3.41. The molecule has 3 rings (SSSR count). The molecule has 33 heavy (non-hydrogen) atoms. The topological polar surface area (TPSA) is 81.7 Å². The number of esters is 1. The van der Waals surface area contributed by atoms with Crippen LogP contribution in [0.15, 0.2) is 48.5 Å². The zero-order valence-corrected chi connectivity index (χ0v) is 19.6. The summed E-state index contributed by atoms with van der Waals surface area (Å²) >= 11 is 0. The summed E-state index contributed by atoms with van der Waals surface area (Å²) in [5, 5.41) is 2.69. The first-order valence-electron chi connectivity index (χ1n) is 11.3. The van der Waals surface area contributed by atoms with Crippen LogP contribution in [0.3, 0.4) is 0 Å². The summed E-state index contributed by atoms with van der Waals surface area (Å²) in [7, 11) is 1.59. The highest BCUT2D eigenvalue weighted by molar-refractivity contribution is 6.01. The largest absolute Gasteiger partial charge is 0.497 e. The summed E-state index contributed by atoms with van der Waals surface area (Å²) in [5.74, 6) is -0.774. The molecule has 1 amide bonds. The third-order valence-electron chi connectivity index (χ3n) is 5.81. The molecule has 0 bridgehead atoms. The van der Waals surface area contributed by atoms with E-state index >= 15 is 0 Å². The summed E-state index contributed by atoms with van der Waals surface area (Å²) in [5.41, 5.74) is 3.84. The van der Waals surface area contributed by atoms with Gasteiger partial charge in [-0.2, -0.15) is 0 Å². The summed E-state index contributed by atoms with van der Waals surface area (Å²) in [6.07, 6.45) is 5.18. The fourth-order valence-corrected chi connectivity index (χ4v) is 3.85. The van der Waals surface area contributed by atoms with Crippen LogP contribution in [0.25, 0.3) is 6.08 Å². The summed E-state index contributed by atoms with van der Waals surface area (Å²) in [6, 6.07) is 12.1. The molecule has 6 nitrogen and oxygen atoms in total. The maximum atomic E-state index is 12.8. The third-order valence-corrected chi connectivity index (χ3v) is 5.81. The lowest BCUT2D eigenvalue weighted by molar-refractivity contribution is -0.151. The van der Waals surface area contributed by atoms with Crippen LogP contribution in [0.1, 0.15) is 54.2 Å². The van der Waals surface area contributed by atoms with E-state index in [1.165, 1.54) is 17.2 Å². The fraction of sp³-hybridized carbons (Fsp3) is 0.370. The molecule has 2 aromatic rings. The highest BCUT2D eigenvalue weighted by Crippen LogP contribution is 2.23. The van der Waals surface area contributed by atoms with E-state index in [4.69, 9.17) is 9.47 Å². The van der Waals surface area contributed by atoms with Crippen LogP contribution in [0.4, 0.5) is 0 Å². The minimum absolute atomic E-state index is 0.210. The van der Waals surface area contributed by atoms with E-state index in [1.807, 2.05) is 38.1 Å². The highest BCUT2D eigenvalue weighted by Gasteiger charge is 2.29. The van der Waals surface area contributed by atoms with Gasteiger partial charge in [-0.25, -0.2) is 4.79 Å². The second-order valence-electron chi connectivity index (χ2n) is 8.62. The second kappa shape index (κ2) is 10.9. The molecular weight excluding hydrogens is 418 g/mol. The predicted molar refractivity (Wildman–Crippen MR) is 127 cm³/mol. The van der Waals surface area contributed by atoms with Crippen molar-refractivity contribution in [2.75, 3.05) is 7.11 Å². The molecule has 2 aromatic carbocycles. The van der Waals surface area contributed by atoms with Gasteiger partial charge in [0.1, 0.15) is 11.8 Å². The van der Waals surface area contributed by atoms with Gasteiger partial charge in [-0.3, -0.25) is 9.59 Å². The summed E-state index contributed by atoms with van der Waals surface area (Å²) < 4.78 is 10.6. The second-order valence-corrected chi connectivity index (χ2v) is 8.62. The molecule has 1 N–H and O–H groups in total. The quantitative estimate of drug-likeness (QED) is 0.353. The van der Waals surface area contributed by atoms with Crippen molar-refractivity contribution in [1.82, 2.24) is 5.32 Å². The lowest BCUT2D eigenvalue weighted by Gasteiger charge is -2.22. The molecule has 1 aliphatic carbocycles. The zero-order valence-electron chi connectivity index (χ0n) is 19.6. The lowest BCUT2D eigenvalue weighted by Crippen LogP contribution is -2.46. The zero-order chi connectivity index (χ0) is 24.0. The van der Waals surface area contributed by atoms with Crippen LogP contribution < -0.4 is 10.1 Å². The Kier molecular flexibility index (Phi) is 8.04. The van der Waals surface area contributed by atoms with Gasteiger partial charge in [0.15, 0.2) is 6.10 Å². The molecule has 0 radical (unpaired) electrons. The number of carbonyl (C=O) groups is 3. The molecule has 0 saturated carbocycles. The molecule has 0 fully saturated rings. The number of hydrogen-bond donors (Lipinski definition) is 1. The molecule has 0 spiro atoms. The van der Waals surface area contributed by atoms with Crippen molar-refractivity contribution in [2.45, 2.75) is 52.2 Å². The lowest BCUT2D eigenvalue weighted by atomic mass is 10.0. The average molecular weight is 450 g/mol. The Morgan fingerprint density at radius 2 is 1.67 bits per heavy atom. The van der Waals surface area contributed by atoms with Crippen LogP contribution in [-0.4, -0.2) is 36.9 Å². The Morgan fingerprint density at radius 1 is 0.970 bits per heavy atom. The number of carbonyl (C=O) groups excluding carboxylic acids is 3. The van der Waals surface area contributed by atoms with Gasteiger partial charge in [-0.1, -0.05) is 38.1 Å². The molecule has 0 heterocycles. The van der Waals surface area contributed by atoms with Gasteiger partial charge in [0, 0.05) is 11.6 Å². The standard InChI is InChI=1S/C27H31NO5/c1-17(2)25(28-24(29)15-10-19-8-13-23(32-4)14-9-19)27(31)33-18(3)26(30)22-12-11-20-6-5-7-21(20)16-22/h8-18,25H,5-7H2,1-4H3,(H,28,29)/b15-10+/t18?,25-/m0/s1. The molecule has 0 saturated heterocycles. The van der Waals surface area contributed by atoms with Gasteiger partial charge in [-0.05, 0) is 73.1 Å². The van der Waals surface area contributed by atoms with Crippen molar-refractivity contribution in [2.24, 2.45) is 5.92 Å². The number of fused-ring (bicyclic) bond motifs is 1. The summed E-state index contributed by atoms with van der Waals surface area (Å²) in [4.78, 5) is 38.0. The number of aryl methyl sites for hydroxylation is 2. The van der Waals surface area contributed by atoms with Crippen LogP contribution in [-0.2, 0) is 27.2 Å². The van der Waals surface area contributed by atoms with E-state index in [2.05, 4.69) is 5.32 Å². The number of benzene rings is 2. The molecule has 2 atom stereocenters. The fourth-order valence-electron chi connectivity index (χ4n) is 3.85. The van der Waals surface area contributed by atoms with Crippen molar-refractivity contribution in [3.63, 3.8) is 0 Å². The average Bonchev–Trinajstić information content (AvgIpc) is 3.28. The first kappa shape index (κ1) is 24.2. The Morgan fingerprint density at radius 3 is 2.33 bits per heavy atom. The Labute approximate surface area is 195 Å². The van der Waals surface area contributed by atoms with Crippen molar-refractivity contribution < 1.29 is 23.9 Å². The number of amides is 1. The number of hydrogen-bond acceptors (Lipinski definition) is 5. The van der Waals surface area contributed by atoms with Crippen LogP contribution >= 0.6 is 0 Å². The summed E-state index contributed by atoms with van der Waals surface area (Å²) in [6.45, 7) is 5.19. The number of methoxy groups -OCH3 is 1. The number of ketones is 1. The van der Waals surface area contributed by atoms with Crippen LogP contribution in [0.5, 0.6) is 5.75 Å². The number of nitrogens with one attached hydrogen (secondary N) is 1. The SMILES string of the molecule is COc1ccc(/C=C/C(=O)N[C@H](C(=O)OC(C)C(=O)c2ccc3c(c2)CCC3)C(C)C)cc1. The van der Waals surface area contributed by atoms with Gasteiger partial charge < -0.3 is 14.8 Å². The van der Waals surface area contributed by atoms with Crippen molar-refractivity contribution in [3.05, 3.63) is 70.8 Å². The van der Waals surface area contributed by atoms with E-state index in [0.29, 0.717) is 5.56 Å². The molecule has 1 aliphatic rings. The van der Waals surface area contributed by atoms with E-state index < -0.39 is 24.0 Å². The monoisotopic (exact) mass is 449 g/mol. The molecule has 0 aliphatic heterocycles. The van der Waals surface area contributed by atoms with Crippen LogP contribution in [0, 0.1) is 5.92 Å². The Bertz CT molecular complexity index is 1040. The highest BCUT2D eigenvalue weighted by atomic mass is 16.5. The van der Waals surface area contributed by atoms with E-state index in [-0.39, 0.29) is 11.7 Å². The number of Topliss-reactive ketones (excluding diaryl/α,β-unsaturated/α-hetero) is 1. The van der Waals surface area contributed by atoms with Gasteiger partial charge >= 0.3 is 5.97 Å². The van der Waals surface area contributed by atoms with Gasteiger partial charge in [0.25, 0.3) is 0 Å². The maximum Gasteiger partial charge on any atom is 0.329 e. The normalized spacial score (nSPS) is 14.6. The van der Waals surface area contributed by atoms with E-state index in [0.717, 1.165) is 30.6 Å².